The number of rotatable bonds is 5. The number of fused-ring (bicyclic) bond motifs is 1. The standard InChI is InChI=1S/C20H23N3O2/c1-4-16-17-7-6-15(12-19(17)25-18(16)5-2)23-20(24)22-13(3)14-8-10-21-11-9-14/h6-13H,4-5H2,1-3H3,(H2,22,23,24). The molecule has 0 fully saturated rings. The van der Waals surface area contributed by atoms with Crippen molar-refractivity contribution in [2.75, 3.05) is 5.32 Å². The Morgan fingerprint density at radius 1 is 1.16 bits per heavy atom. The van der Waals surface area contributed by atoms with Gasteiger partial charge in [0.25, 0.3) is 0 Å². The lowest BCUT2D eigenvalue weighted by Gasteiger charge is -2.14. The number of hydrogen-bond donors (Lipinski definition) is 2. The van der Waals surface area contributed by atoms with Crippen molar-refractivity contribution < 1.29 is 9.21 Å². The van der Waals surface area contributed by atoms with Crippen LogP contribution >= 0.6 is 0 Å². The summed E-state index contributed by atoms with van der Waals surface area (Å²) in [6.07, 6.45) is 5.23. The van der Waals surface area contributed by atoms with Crippen LogP contribution in [0.25, 0.3) is 11.0 Å². The average molecular weight is 337 g/mol. The number of anilines is 1. The molecular formula is C20H23N3O2. The van der Waals surface area contributed by atoms with Crippen LogP contribution in [-0.2, 0) is 12.8 Å². The number of nitrogens with zero attached hydrogens (tertiary/aromatic N) is 1. The number of furan rings is 1. The summed E-state index contributed by atoms with van der Waals surface area (Å²) in [5.74, 6) is 1.02. The molecule has 2 heterocycles. The molecule has 2 N–H and O–H groups in total. The lowest BCUT2D eigenvalue weighted by molar-refractivity contribution is 0.249. The van der Waals surface area contributed by atoms with E-state index < -0.39 is 0 Å². The molecule has 1 atom stereocenters. The van der Waals surface area contributed by atoms with E-state index >= 15 is 0 Å². The summed E-state index contributed by atoms with van der Waals surface area (Å²) in [4.78, 5) is 16.2. The Morgan fingerprint density at radius 3 is 2.60 bits per heavy atom. The minimum Gasteiger partial charge on any atom is -0.461 e. The van der Waals surface area contributed by atoms with Crippen molar-refractivity contribution in [2.45, 2.75) is 39.7 Å². The second-order valence-corrected chi connectivity index (χ2v) is 6.02. The molecule has 0 aliphatic rings. The number of aryl methyl sites for hydroxylation is 2. The van der Waals surface area contributed by atoms with Gasteiger partial charge in [0.1, 0.15) is 11.3 Å². The highest BCUT2D eigenvalue weighted by atomic mass is 16.3. The number of amides is 2. The second-order valence-electron chi connectivity index (χ2n) is 6.02. The number of urea groups is 1. The first-order chi connectivity index (χ1) is 12.1. The molecule has 25 heavy (non-hydrogen) atoms. The zero-order valence-electron chi connectivity index (χ0n) is 14.8. The molecule has 0 bridgehead atoms. The third-order valence-electron chi connectivity index (χ3n) is 4.36. The summed E-state index contributed by atoms with van der Waals surface area (Å²) >= 11 is 0. The summed E-state index contributed by atoms with van der Waals surface area (Å²) in [6.45, 7) is 6.15. The van der Waals surface area contributed by atoms with Crippen LogP contribution in [0.15, 0.2) is 47.1 Å². The van der Waals surface area contributed by atoms with E-state index in [1.54, 1.807) is 12.4 Å². The summed E-state index contributed by atoms with van der Waals surface area (Å²) < 4.78 is 5.93. The number of nitrogens with one attached hydrogen (secondary N) is 2. The Morgan fingerprint density at radius 2 is 1.92 bits per heavy atom. The maximum Gasteiger partial charge on any atom is 0.319 e. The van der Waals surface area contributed by atoms with Crippen LogP contribution in [0.5, 0.6) is 0 Å². The maximum absolute atomic E-state index is 12.2. The minimum atomic E-state index is -0.248. The third kappa shape index (κ3) is 3.65. The molecule has 0 saturated heterocycles. The van der Waals surface area contributed by atoms with Crippen molar-refractivity contribution in [3.05, 3.63) is 59.6 Å². The van der Waals surface area contributed by atoms with Crippen LogP contribution in [0.2, 0.25) is 0 Å². The van der Waals surface area contributed by atoms with E-state index in [4.69, 9.17) is 4.42 Å². The van der Waals surface area contributed by atoms with Gasteiger partial charge in [-0.05, 0) is 43.2 Å². The summed E-state index contributed by atoms with van der Waals surface area (Å²) in [7, 11) is 0. The Kier molecular flexibility index (Phi) is 5.03. The minimum absolute atomic E-state index is 0.103. The van der Waals surface area contributed by atoms with Crippen molar-refractivity contribution in [2.24, 2.45) is 0 Å². The summed E-state index contributed by atoms with van der Waals surface area (Å²) in [6, 6.07) is 9.22. The Balaban J connectivity index is 1.73. The highest BCUT2D eigenvalue weighted by Crippen LogP contribution is 2.29. The normalized spacial score (nSPS) is 12.1. The molecule has 130 valence electrons. The molecule has 0 aliphatic carbocycles. The predicted octanol–water partition coefficient (Wildman–Crippen LogP) is 4.84. The lowest BCUT2D eigenvalue weighted by atomic mass is 10.1. The van der Waals surface area contributed by atoms with Gasteiger partial charge in [-0.15, -0.1) is 0 Å². The molecule has 0 saturated carbocycles. The fraction of sp³-hybridized carbons (Fsp3) is 0.300. The molecule has 2 amide bonds. The van der Waals surface area contributed by atoms with Gasteiger partial charge in [-0.25, -0.2) is 4.79 Å². The van der Waals surface area contributed by atoms with Gasteiger partial charge in [0.15, 0.2) is 0 Å². The topological polar surface area (TPSA) is 67.2 Å². The van der Waals surface area contributed by atoms with E-state index in [0.717, 1.165) is 35.1 Å². The smallest absolute Gasteiger partial charge is 0.319 e. The van der Waals surface area contributed by atoms with Crippen molar-refractivity contribution in [3.63, 3.8) is 0 Å². The van der Waals surface area contributed by atoms with Crippen LogP contribution in [0.3, 0.4) is 0 Å². The van der Waals surface area contributed by atoms with E-state index in [0.29, 0.717) is 5.69 Å². The largest absolute Gasteiger partial charge is 0.461 e. The molecule has 0 spiro atoms. The molecule has 5 nitrogen and oxygen atoms in total. The van der Waals surface area contributed by atoms with Gasteiger partial charge in [-0.2, -0.15) is 0 Å². The zero-order valence-corrected chi connectivity index (χ0v) is 14.8. The van der Waals surface area contributed by atoms with E-state index in [-0.39, 0.29) is 12.1 Å². The van der Waals surface area contributed by atoms with Gasteiger partial charge in [-0.1, -0.05) is 13.8 Å². The predicted molar refractivity (Wildman–Crippen MR) is 99.8 cm³/mol. The Labute approximate surface area is 147 Å². The van der Waals surface area contributed by atoms with Crippen molar-refractivity contribution >= 4 is 22.7 Å². The van der Waals surface area contributed by atoms with E-state index in [9.17, 15) is 4.79 Å². The molecule has 0 radical (unpaired) electrons. The zero-order chi connectivity index (χ0) is 17.8. The van der Waals surface area contributed by atoms with E-state index in [1.165, 1.54) is 5.56 Å². The maximum atomic E-state index is 12.2. The molecule has 2 aromatic heterocycles. The number of pyridine rings is 1. The highest BCUT2D eigenvalue weighted by molar-refractivity contribution is 5.93. The monoisotopic (exact) mass is 337 g/mol. The lowest BCUT2D eigenvalue weighted by Crippen LogP contribution is -2.31. The van der Waals surface area contributed by atoms with Crippen molar-refractivity contribution in [1.82, 2.24) is 10.3 Å². The molecular weight excluding hydrogens is 314 g/mol. The van der Waals surface area contributed by atoms with Crippen LogP contribution in [0, 0.1) is 0 Å². The number of carbonyl (C=O) groups is 1. The fourth-order valence-electron chi connectivity index (χ4n) is 3.05. The molecule has 5 heteroatoms. The van der Waals surface area contributed by atoms with E-state index in [2.05, 4.69) is 29.5 Å². The molecule has 3 aromatic rings. The van der Waals surface area contributed by atoms with Crippen LogP contribution in [0.1, 0.15) is 43.7 Å². The van der Waals surface area contributed by atoms with Crippen LogP contribution < -0.4 is 10.6 Å². The first kappa shape index (κ1) is 17.0. The first-order valence-corrected chi connectivity index (χ1v) is 8.64. The van der Waals surface area contributed by atoms with Gasteiger partial charge in [0.05, 0.1) is 6.04 Å². The number of benzene rings is 1. The molecule has 3 rings (SSSR count). The average Bonchev–Trinajstić information content (AvgIpc) is 2.99. The first-order valence-electron chi connectivity index (χ1n) is 8.64. The SMILES string of the molecule is CCc1oc2cc(NC(=O)NC(C)c3ccncc3)ccc2c1CC. The van der Waals surface area contributed by atoms with Gasteiger partial charge in [0.2, 0.25) is 0 Å². The second kappa shape index (κ2) is 7.38. The third-order valence-corrected chi connectivity index (χ3v) is 4.36. The van der Waals surface area contributed by atoms with E-state index in [1.807, 2.05) is 37.3 Å². The number of aromatic nitrogens is 1. The summed E-state index contributed by atoms with van der Waals surface area (Å²) in [5.41, 5.74) is 3.78. The quantitative estimate of drug-likeness (QED) is 0.700. The Hall–Kier alpha value is -2.82. The number of carbonyl (C=O) groups excluding carboxylic acids is 1. The molecule has 1 unspecified atom stereocenters. The van der Waals surface area contributed by atoms with Crippen LogP contribution in [-0.4, -0.2) is 11.0 Å². The summed E-state index contributed by atoms with van der Waals surface area (Å²) in [5, 5.41) is 6.92. The number of hydrogen-bond acceptors (Lipinski definition) is 3. The van der Waals surface area contributed by atoms with Gasteiger partial charge in [0, 0.05) is 41.5 Å². The van der Waals surface area contributed by atoms with Gasteiger partial charge >= 0.3 is 6.03 Å². The van der Waals surface area contributed by atoms with Crippen LogP contribution in [0.4, 0.5) is 10.5 Å². The highest BCUT2D eigenvalue weighted by Gasteiger charge is 2.13. The Bertz CT molecular complexity index is 871. The molecule has 1 aromatic carbocycles. The fourth-order valence-corrected chi connectivity index (χ4v) is 3.05. The molecule has 0 aliphatic heterocycles. The van der Waals surface area contributed by atoms with Crippen molar-refractivity contribution in [1.29, 1.82) is 0 Å². The van der Waals surface area contributed by atoms with Crippen molar-refractivity contribution in [3.8, 4) is 0 Å². The van der Waals surface area contributed by atoms with Gasteiger partial charge in [-0.3, -0.25) is 4.98 Å². The van der Waals surface area contributed by atoms with Gasteiger partial charge < -0.3 is 15.1 Å².